The van der Waals surface area contributed by atoms with Crippen LogP contribution >= 0.6 is 0 Å². The largest absolute Gasteiger partial charge is 0.544 e. The zero-order valence-corrected chi connectivity index (χ0v) is 19.7. The van der Waals surface area contributed by atoms with Crippen molar-refractivity contribution in [3.8, 4) is 17.2 Å². The first-order valence-electron chi connectivity index (χ1n) is 9.74. The van der Waals surface area contributed by atoms with Gasteiger partial charge in [-0.1, -0.05) is 11.6 Å². The Morgan fingerprint density at radius 1 is 1.20 bits per heavy atom. The highest BCUT2D eigenvalue weighted by molar-refractivity contribution is 7.88. The van der Waals surface area contributed by atoms with Gasteiger partial charge in [0, 0.05) is 29.5 Å². The summed E-state index contributed by atoms with van der Waals surface area (Å²) in [5.41, 5.74) is -4.17. The van der Waals surface area contributed by atoms with Crippen LogP contribution in [0, 0.1) is 5.92 Å². The summed E-state index contributed by atoms with van der Waals surface area (Å²) < 4.78 is 78.4. The summed E-state index contributed by atoms with van der Waals surface area (Å²) in [6, 6.07) is 2.45. The van der Waals surface area contributed by atoms with Crippen molar-refractivity contribution in [2.75, 3.05) is 0 Å². The third-order valence-corrected chi connectivity index (χ3v) is 7.14. The van der Waals surface area contributed by atoms with Crippen LogP contribution in [-0.4, -0.2) is 27.8 Å². The number of hydrogen-bond donors (Lipinski definition) is 0. The average Bonchev–Trinajstić information content (AvgIpc) is 2.50. The summed E-state index contributed by atoms with van der Waals surface area (Å²) >= 11 is 0. The SMILES string of the molecule is CC1=C[C@H]2c3c(cc(OS(=O)(=O)C(F)(F)F)cc3O[Si](C)(C)C)OC(C)(C)C2CC1. The zero-order chi connectivity index (χ0) is 22.7. The number of halogens is 3. The molecule has 1 aromatic carbocycles. The minimum atomic E-state index is -5.81. The van der Waals surface area contributed by atoms with Gasteiger partial charge in [-0.2, -0.15) is 21.6 Å². The number of alkyl halides is 3. The lowest BCUT2D eigenvalue weighted by Crippen LogP contribution is -2.45. The average molecular weight is 465 g/mol. The molecule has 0 saturated carbocycles. The molecule has 2 atom stereocenters. The summed E-state index contributed by atoms with van der Waals surface area (Å²) in [5.74, 6) is 0.233. The molecule has 1 heterocycles. The highest BCUT2D eigenvalue weighted by Gasteiger charge is 2.50. The van der Waals surface area contributed by atoms with E-state index in [-0.39, 0.29) is 17.6 Å². The molecule has 1 unspecified atom stereocenters. The Balaban J connectivity index is 2.19. The molecule has 1 aliphatic carbocycles. The highest BCUT2D eigenvalue weighted by Crippen LogP contribution is 2.54. The van der Waals surface area contributed by atoms with Crippen LogP contribution in [-0.2, 0) is 10.1 Å². The van der Waals surface area contributed by atoms with Crippen molar-refractivity contribution in [1.82, 2.24) is 0 Å². The van der Waals surface area contributed by atoms with Crippen molar-refractivity contribution in [3.63, 3.8) is 0 Å². The van der Waals surface area contributed by atoms with Gasteiger partial charge < -0.3 is 13.3 Å². The smallest absolute Gasteiger partial charge is 0.534 e. The Morgan fingerprint density at radius 3 is 2.40 bits per heavy atom. The van der Waals surface area contributed by atoms with Crippen LogP contribution in [0.5, 0.6) is 17.2 Å². The molecule has 5 nitrogen and oxygen atoms in total. The van der Waals surface area contributed by atoms with E-state index in [1.54, 1.807) is 0 Å². The van der Waals surface area contributed by atoms with Crippen LogP contribution in [0.4, 0.5) is 13.2 Å². The third-order valence-electron chi connectivity index (χ3n) is 5.33. The Labute approximate surface area is 176 Å². The summed E-state index contributed by atoms with van der Waals surface area (Å²) in [4.78, 5) is 0. The molecule has 0 aromatic heterocycles. The van der Waals surface area contributed by atoms with E-state index in [1.807, 2.05) is 40.4 Å². The minimum Gasteiger partial charge on any atom is -0.544 e. The van der Waals surface area contributed by atoms with Gasteiger partial charge in [0.15, 0.2) is 0 Å². The van der Waals surface area contributed by atoms with Crippen molar-refractivity contribution < 1.29 is 34.9 Å². The second kappa shape index (κ2) is 7.18. The summed E-state index contributed by atoms with van der Waals surface area (Å²) in [7, 11) is -8.00. The van der Waals surface area contributed by atoms with E-state index in [1.165, 1.54) is 17.7 Å². The molecule has 30 heavy (non-hydrogen) atoms. The van der Waals surface area contributed by atoms with Crippen molar-refractivity contribution in [2.24, 2.45) is 5.92 Å². The number of ether oxygens (including phenoxy) is 1. The molecule has 0 fully saturated rings. The molecule has 0 saturated heterocycles. The van der Waals surface area contributed by atoms with Crippen LogP contribution in [0.1, 0.15) is 45.1 Å². The predicted octanol–water partition coefficient (Wildman–Crippen LogP) is 5.74. The van der Waals surface area contributed by atoms with Gasteiger partial charge in [0.25, 0.3) is 0 Å². The van der Waals surface area contributed by atoms with Crippen LogP contribution in [0.15, 0.2) is 23.8 Å². The first-order chi connectivity index (χ1) is 13.5. The van der Waals surface area contributed by atoms with Gasteiger partial charge in [0.1, 0.15) is 22.8 Å². The van der Waals surface area contributed by atoms with Crippen molar-refractivity contribution >= 4 is 18.4 Å². The third kappa shape index (κ3) is 4.49. The number of benzene rings is 1. The molecular formula is C20H27F3O5SSi. The number of allylic oxidation sites excluding steroid dienone is 2. The highest BCUT2D eigenvalue weighted by atomic mass is 32.2. The van der Waals surface area contributed by atoms with E-state index < -0.39 is 35.3 Å². The zero-order valence-electron chi connectivity index (χ0n) is 17.9. The molecule has 168 valence electrons. The van der Waals surface area contributed by atoms with Gasteiger partial charge in [0.2, 0.25) is 8.32 Å². The van der Waals surface area contributed by atoms with Gasteiger partial charge in [0.05, 0.1) is 0 Å². The van der Waals surface area contributed by atoms with E-state index in [4.69, 9.17) is 9.16 Å². The fourth-order valence-corrected chi connectivity index (χ4v) is 5.39. The van der Waals surface area contributed by atoms with Gasteiger partial charge in [-0.05, 0) is 53.3 Å². The first-order valence-corrected chi connectivity index (χ1v) is 14.6. The molecule has 0 N–H and O–H groups in total. The summed E-state index contributed by atoms with van der Waals surface area (Å²) in [6.45, 7) is 11.7. The normalized spacial score (nSPS) is 23.6. The van der Waals surface area contributed by atoms with E-state index in [0.717, 1.165) is 18.4 Å². The molecule has 0 spiro atoms. The molecule has 1 aromatic rings. The van der Waals surface area contributed by atoms with Gasteiger partial charge >= 0.3 is 15.6 Å². The van der Waals surface area contributed by atoms with E-state index in [0.29, 0.717) is 5.75 Å². The molecule has 0 radical (unpaired) electrons. The standard InChI is InChI=1S/C20H27F3O5SSi/c1-12-7-8-15-14(9-12)18-16(26-19(15,2)3)10-13(11-17(18)28-30(4,5)6)27-29(24,25)20(21,22)23/h9-11,14-15H,7-8H2,1-6H3/t14-,15?/m1/s1. The molecule has 0 amide bonds. The van der Waals surface area contributed by atoms with E-state index in [2.05, 4.69) is 10.3 Å². The Hall–Kier alpha value is -1.68. The van der Waals surface area contributed by atoms with Crippen molar-refractivity contribution in [1.29, 1.82) is 0 Å². The predicted molar refractivity (Wildman–Crippen MR) is 110 cm³/mol. The summed E-state index contributed by atoms with van der Waals surface area (Å²) in [5, 5.41) is 0. The lowest BCUT2D eigenvalue weighted by Gasteiger charge is -2.47. The van der Waals surface area contributed by atoms with Crippen LogP contribution in [0.3, 0.4) is 0 Å². The molecule has 10 heteroatoms. The Kier molecular flexibility index (Phi) is 5.51. The van der Waals surface area contributed by atoms with Gasteiger partial charge in [-0.15, -0.1) is 0 Å². The maximum atomic E-state index is 12.8. The molecule has 0 bridgehead atoms. The fourth-order valence-electron chi connectivity index (χ4n) is 4.12. The number of hydrogen-bond acceptors (Lipinski definition) is 5. The van der Waals surface area contributed by atoms with Crippen LogP contribution in [0.2, 0.25) is 19.6 Å². The van der Waals surface area contributed by atoms with Crippen molar-refractivity contribution in [3.05, 3.63) is 29.3 Å². The number of fused-ring (bicyclic) bond motifs is 3. The minimum absolute atomic E-state index is 0.0443. The fraction of sp³-hybridized carbons (Fsp3) is 0.600. The quantitative estimate of drug-likeness (QED) is 0.246. The van der Waals surface area contributed by atoms with Gasteiger partial charge in [-0.25, -0.2) is 0 Å². The molecular weight excluding hydrogens is 437 g/mol. The second-order valence-electron chi connectivity index (χ2n) is 9.42. The number of rotatable bonds is 4. The second-order valence-corrected chi connectivity index (χ2v) is 15.4. The Bertz CT molecular complexity index is 977. The maximum absolute atomic E-state index is 12.8. The van der Waals surface area contributed by atoms with Crippen LogP contribution in [0.25, 0.3) is 0 Å². The molecule has 2 aliphatic rings. The molecule has 1 aliphatic heterocycles. The van der Waals surface area contributed by atoms with E-state index >= 15 is 0 Å². The van der Waals surface area contributed by atoms with E-state index in [9.17, 15) is 21.6 Å². The lowest BCUT2D eigenvalue weighted by molar-refractivity contribution is -0.0500. The summed E-state index contributed by atoms with van der Waals surface area (Å²) in [6.07, 6.45) is 4.01. The van der Waals surface area contributed by atoms with Gasteiger partial charge in [-0.3, -0.25) is 0 Å². The van der Waals surface area contributed by atoms with Crippen LogP contribution < -0.4 is 13.3 Å². The Morgan fingerprint density at radius 2 is 1.83 bits per heavy atom. The first kappa shape index (κ1) is 23.0. The van der Waals surface area contributed by atoms with Crippen molar-refractivity contribution in [2.45, 2.75) is 70.3 Å². The molecule has 3 rings (SSSR count). The lowest BCUT2D eigenvalue weighted by atomic mass is 9.68. The maximum Gasteiger partial charge on any atom is 0.534 e. The topological polar surface area (TPSA) is 61.8 Å². The monoisotopic (exact) mass is 464 g/mol.